The van der Waals surface area contributed by atoms with Crippen LogP contribution in [0.15, 0.2) is 255 Å². The molecule has 0 aliphatic carbocycles. The van der Waals surface area contributed by atoms with Crippen molar-refractivity contribution in [2.24, 2.45) is 0 Å². The molecule has 2 aliphatic heterocycles. The average molecular weight is 1000 g/mol. The van der Waals surface area contributed by atoms with Gasteiger partial charge in [-0.2, -0.15) is 0 Å². The maximum atomic E-state index is 2.61. The largest absolute Gasteiger partial charge is 0.311 e. The first-order valence-electron chi connectivity index (χ1n) is 27.5. The van der Waals surface area contributed by atoms with E-state index in [-0.39, 0.29) is 17.5 Å². The van der Waals surface area contributed by atoms with Crippen molar-refractivity contribution in [2.45, 2.75) is 52.4 Å². The van der Waals surface area contributed by atoms with Gasteiger partial charge >= 0.3 is 0 Å². The normalized spacial score (nSPS) is 12.9. The highest BCUT2D eigenvalue weighted by atomic mass is 15.2. The lowest BCUT2D eigenvalue weighted by atomic mass is 9.33. The van der Waals surface area contributed by atoms with Crippen molar-refractivity contribution in [1.82, 2.24) is 4.57 Å². The van der Waals surface area contributed by atoms with Crippen LogP contribution in [0.1, 0.15) is 52.7 Å². The number of benzene rings is 11. The summed E-state index contributed by atoms with van der Waals surface area (Å²) in [5.74, 6) is 0. The molecular weight excluding hydrogens is 942 g/mol. The van der Waals surface area contributed by atoms with Crippen LogP contribution in [-0.2, 0) is 10.8 Å². The van der Waals surface area contributed by atoms with Crippen LogP contribution in [0.4, 0.5) is 34.1 Å². The smallest absolute Gasteiger partial charge is 0.252 e. The van der Waals surface area contributed by atoms with Crippen LogP contribution < -0.4 is 26.2 Å². The standard InChI is InChI=1S/C74H60BN3/c1-73(2,3)62-47-68-64(45-60(62)51-29-15-9-16-30-51)75-65-46-61(52-31-17-10-18-32-52)63(74(4,5)6)48-69(65)77(56-36-24-34-54(42-56)50-27-13-8-14-28-50)71-44-57(78-66-39-21-19-37-58(66)59-38-20-22-40-67(59)78)43-70(72(71)75)76(68)55-35-23-33-53(41-55)49-25-11-7-12-26-49/h7-48H,1-6H3. The molecule has 0 fully saturated rings. The van der Waals surface area contributed by atoms with E-state index in [1.165, 1.54) is 105 Å². The molecule has 3 nitrogen and oxygen atoms in total. The Morgan fingerprint density at radius 1 is 0.295 bits per heavy atom. The van der Waals surface area contributed by atoms with E-state index in [0.717, 1.165) is 28.4 Å². The third-order valence-corrected chi connectivity index (χ3v) is 16.4. The first-order valence-corrected chi connectivity index (χ1v) is 27.5. The fraction of sp³-hybridized carbons (Fsp3) is 0.108. The van der Waals surface area contributed by atoms with Gasteiger partial charge < -0.3 is 14.4 Å². The number of aromatic nitrogens is 1. The van der Waals surface area contributed by atoms with Gasteiger partial charge in [-0.05, 0) is 144 Å². The molecule has 14 rings (SSSR count). The first kappa shape index (κ1) is 47.3. The zero-order chi connectivity index (χ0) is 52.9. The summed E-state index contributed by atoms with van der Waals surface area (Å²) < 4.78 is 2.51. The summed E-state index contributed by atoms with van der Waals surface area (Å²) in [6.45, 7) is 14.1. The molecule has 2 aliphatic rings. The lowest BCUT2D eigenvalue weighted by Gasteiger charge is -2.46. The Morgan fingerprint density at radius 3 is 1.05 bits per heavy atom. The molecule has 0 saturated heterocycles. The Kier molecular flexibility index (Phi) is 11.1. The van der Waals surface area contributed by atoms with E-state index < -0.39 is 0 Å². The molecule has 374 valence electrons. The molecule has 0 unspecified atom stereocenters. The van der Waals surface area contributed by atoms with Crippen LogP contribution in [0.25, 0.3) is 72.0 Å². The predicted molar refractivity (Wildman–Crippen MR) is 334 cm³/mol. The van der Waals surface area contributed by atoms with Crippen LogP contribution in [0.3, 0.4) is 0 Å². The summed E-state index contributed by atoms with van der Waals surface area (Å²) in [6, 6.07) is 95.4. The number of fused-ring (bicyclic) bond motifs is 7. The van der Waals surface area contributed by atoms with Gasteiger partial charge in [-0.25, -0.2) is 0 Å². The van der Waals surface area contributed by atoms with Gasteiger partial charge in [-0.15, -0.1) is 0 Å². The van der Waals surface area contributed by atoms with Gasteiger partial charge in [0, 0.05) is 44.9 Å². The molecule has 4 heteroatoms. The monoisotopic (exact) mass is 1000 g/mol. The summed E-state index contributed by atoms with van der Waals surface area (Å²) in [7, 11) is 0. The van der Waals surface area contributed by atoms with Crippen molar-refractivity contribution in [2.75, 3.05) is 9.80 Å². The van der Waals surface area contributed by atoms with Crippen molar-refractivity contribution in [3.63, 3.8) is 0 Å². The van der Waals surface area contributed by atoms with Crippen LogP contribution in [-0.4, -0.2) is 11.3 Å². The van der Waals surface area contributed by atoms with Gasteiger partial charge in [0.1, 0.15) is 0 Å². The van der Waals surface area contributed by atoms with Crippen LogP contribution in [0.2, 0.25) is 0 Å². The summed E-state index contributed by atoms with van der Waals surface area (Å²) in [6.07, 6.45) is 0. The maximum Gasteiger partial charge on any atom is 0.252 e. The van der Waals surface area contributed by atoms with Gasteiger partial charge in [0.15, 0.2) is 0 Å². The van der Waals surface area contributed by atoms with Crippen molar-refractivity contribution < 1.29 is 0 Å². The fourth-order valence-electron chi connectivity index (χ4n) is 12.8. The van der Waals surface area contributed by atoms with Gasteiger partial charge in [0.2, 0.25) is 0 Å². The van der Waals surface area contributed by atoms with Gasteiger partial charge in [0.25, 0.3) is 6.71 Å². The zero-order valence-corrected chi connectivity index (χ0v) is 45.2. The molecule has 11 aromatic carbocycles. The Morgan fingerprint density at radius 2 is 0.654 bits per heavy atom. The van der Waals surface area contributed by atoms with Crippen LogP contribution >= 0.6 is 0 Å². The number of anilines is 6. The molecular formula is C74H60BN3. The second-order valence-electron chi connectivity index (χ2n) is 23.3. The molecule has 0 amide bonds. The van der Waals surface area contributed by atoms with E-state index in [1.54, 1.807) is 0 Å². The number of nitrogens with zero attached hydrogens (tertiary/aromatic N) is 3. The molecule has 0 N–H and O–H groups in total. The summed E-state index contributed by atoms with van der Waals surface area (Å²) in [5, 5.41) is 2.47. The zero-order valence-electron chi connectivity index (χ0n) is 45.2. The van der Waals surface area contributed by atoms with E-state index in [0.29, 0.717) is 0 Å². The van der Waals surface area contributed by atoms with E-state index in [2.05, 4.69) is 311 Å². The second kappa shape index (κ2) is 18.3. The quantitative estimate of drug-likeness (QED) is 0.147. The highest BCUT2D eigenvalue weighted by Gasteiger charge is 2.46. The fourth-order valence-corrected chi connectivity index (χ4v) is 12.8. The summed E-state index contributed by atoms with van der Waals surface area (Å²) in [5.41, 5.74) is 26.2. The minimum Gasteiger partial charge on any atom is -0.311 e. The lowest BCUT2D eigenvalue weighted by Crippen LogP contribution is -2.61. The SMILES string of the molecule is CC(C)(C)c1cc2c(cc1-c1ccccc1)B1c3cc(-c4ccccc4)c(C(C)(C)C)cc3N(c3cccc(-c4ccccc4)c3)c3cc(-n4c5ccccc5c5ccccc54)cc(c31)N2c1cccc(-c2ccccc2)c1. The molecule has 78 heavy (non-hydrogen) atoms. The van der Waals surface area contributed by atoms with Gasteiger partial charge in [-0.1, -0.05) is 236 Å². The van der Waals surface area contributed by atoms with Crippen molar-refractivity contribution >= 4 is 79.0 Å². The Labute approximate surface area is 459 Å². The van der Waals surface area contributed by atoms with E-state index in [9.17, 15) is 0 Å². The third kappa shape index (κ3) is 7.80. The highest BCUT2D eigenvalue weighted by molar-refractivity contribution is 7.00. The van der Waals surface area contributed by atoms with Crippen molar-refractivity contribution in [3.8, 4) is 50.2 Å². The predicted octanol–water partition coefficient (Wildman–Crippen LogP) is 18.1. The average Bonchev–Trinajstić information content (AvgIpc) is 3.86. The molecule has 0 saturated carbocycles. The minimum atomic E-state index is -0.193. The molecule has 1 aromatic heterocycles. The van der Waals surface area contributed by atoms with Crippen molar-refractivity contribution in [1.29, 1.82) is 0 Å². The van der Waals surface area contributed by atoms with Crippen molar-refractivity contribution in [3.05, 3.63) is 266 Å². The minimum absolute atomic E-state index is 0.151. The Balaban J connectivity index is 1.17. The number of para-hydroxylation sites is 2. The summed E-state index contributed by atoms with van der Waals surface area (Å²) in [4.78, 5) is 5.23. The van der Waals surface area contributed by atoms with E-state index in [4.69, 9.17) is 0 Å². The molecule has 3 heterocycles. The van der Waals surface area contributed by atoms with Gasteiger partial charge in [-0.3, -0.25) is 0 Å². The number of hydrogen-bond acceptors (Lipinski definition) is 2. The molecule has 0 spiro atoms. The number of rotatable bonds is 7. The topological polar surface area (TPSA) is 11.4 Å². The maximum absolute atomic E-state index is 2.61. The first-order chi connectivity index (χ1) is 38.0. The van der Waals surface area contributed by atoms with Gasteiger partial charge in [0.05, 0.1) is 16.7 Å². The molecule has 0 bridgehead atoms. The molecule has 0 radical (unpaired) electrons. The highest BCUT2D eigenvalue weighted by Crippen LogP contribution is 2.50. The second-order valence-corrected chi connectivity index (χ2v) is 23.3. The lowest BCUT2D eigenvalue weighted by molar-refractivity contribution is 0.592. The molecule has 0 atom stereocenters. The number of hydrogen-bond donors (Lipinski definition) is 0. The Hall–Kier alpha value is -9.12. The molecule has 12 aromatic rings. The summed E-state index contributed by atoms with van der Waals surface area (Å²) >= 11 is 0. The van der Waals surface area contributed by atoms with E-state index in [1.807, 2.05) is 0 Å². The third-order valence-electron chi connectivity index (χ3n) is 16.4. The van der Waals surface area contributed by atoms with Crippen LogP contribution in [0, 0.1) is 0 Å². The van der Waals surface area contributed by atoms with E-state index >= 15 is 0 Å². The van der Waals surface area contributed by atoms with Crippen LogP contribution in [0.5, 0.6) is 0 Å². The Bertz CT molecular complexity index is 4010.